The molecule has 1 heterocycles. The van der Waals surface area contributed by atoms with Crippen molar-refractivity contribution in [1.82, 2.24) is 16.0 Å². The Bertz CT molecular complexity index is 367. The highest BCUT2D eigenvalue weighted by Gasteiger charge is 2.29. The van der Waals surface area contributed by atoms with Gasteiger partial charge in [0.25, 0.3) is 0 Å². The zero-order valence-electron chi connectivity index (χ0n) is 10.6. The minimum atomic E-state index is -0.749. The van der Waals surface area contributed by atoms with Crippen LogP contribution < -0.4 is 16.0 Å². The van der Waals surface area contributed by atoms with Crippen molar-refractivity contribution in [2.45, 2.75) is 37.8 Å². The average Bonchev–Trinajstić information content (AvgIpc) is 2.40. The Balaban J connectivity index is 1.74. The Morgan fingerprint density at radius 2 is 1.89 bits per heavy atom. The number of carbonyl (C=O) groups is 3. The molecule has 106 valence electrons. The molecule has 19 heavy (non-hydrogen) atoms. The highest BCUT2D eigenvalue weighted by atomic mass is 16.4. The third kappa shape index (κ3) is 3.66. The Labute approximate surface area is 111 Å². The van der Waals surface area contributed by atoms with Gasteiger partial charge in [0.05, 0.1) is 12.5 Å². The maximum Gasteiger partial charge on any atom is 0.306 e. The van der Waals surface area contributed by atoms with Crippen LogP contribution in [0.15, 0.2) is 0 Å². The molecule has 2 rings (SSSR count). The van der Waals surface area contributed by atoms with Gasteiger partial charge in [-0.2, -0.15) is 0 Å². The van der Waals surface area contributed by atoms with Crippen molar-refractivity contribution >= 4 is 17.8 Å². The van der Waals surface area contributed by atoms with Gasteiger partial charge in [-0.15, -0.1) is 0 Å². The minimum Gasteiger partial charge on any atom is -0.481 e. The lowest BCUT2D eigenvalue weighted by atomic mass is 9.86. The summed E-state index contributed by atoms with van der Waals surface area (Å²) in [5.41, 5.74) is 0. The summed E-state index contributed by atoms with van der Waals surface area (Å²) < 4.78 is 0. The monoisotopic (exact) mass is 269 g/mol. The lowest BCUT2D eigenvalue weighted by Crippen LogP contribution is -2.59. The van der Waals surface area contributed by atoms with E-state index in [9.17, 15) is 14.4 Å². The van der Waals surface area contributed by atoms with Gasteiger partial charge in [-0.05, 0) is 25.7 Å². The van der Waals surface area contributed by atoms with E-state index in [0.717, 1.165) is 0 Å². The van der Waals surface area contributed by atoms with Gasteiger partial charge >= 0.3 is 5.97 Å². The predicted octanol–water partition coefficient (Wildman–Crippen LogP) is -1.17. The first-order valence-corrected chi connectivity index (χ1v) is 6.59. The molecule has 1 saturated heterocycles. The van der Waals surface area contributed by atoms with Crippen LogP contribution in [-0.4, -0.2) is 48.1 Å². The highest BCUT2D eigenvalue weighted by Crippen LogP contribution is 2.24. The molecule has 2 aliphatic rings. The molecule has 1 unspecified atom stereocenters. The van der Waals surface area contributed by atoms with Crippen molar-refractivity contribution in [3.05, 3.63) is 0 Å². The maximum atomic E-state index is 11.9. The summed E-state index contributed by atoms with van der Waals surface area (Å²) in [5.74, 6) is -1.26. The number of nitrogens with one attached hydrogen (secondary N) is 3. The number of amides is 2. The van der Waals surface area contributed by atoms with Crippen molar-refractivity contribution in [2.24, 2.45) is 5.92 Å². The molecule has 4 N–H and O–H groups in total. The van der Waals surface area contributed by atoms with Crippen LogP contribution in [0.1, 0.15) is 25.7 Å². The Kier molecular flexibility index (Phi) is 4.36. The molecule has 0 radical (unpaired) electrons. The number of piperazine rings is 1. The van der Waals surface area contributed by atoms with E-state index in [1.807, 2.05) is 0 Å². The molecular weight excluding hydrogens is 250 g/mol. The molecule has 0 aromatic carbocycles. The van der Waals surface area contributed by atoms with E-state index >= 15 is 0 Å². The summed E-state index contributed by atoms with van der Waals surface area (Å²) in [6.07, 6.45) is 2.60. The molecule has 0 aromatic rings. The molecule has 1 saturated carbocycles. The lowest BCUT2D eigenvalue weighted by molar-refractivity contribution is -0.142. The molecule has 7 nitrogen and oxygen atoms in total. The third-order valence-electron chi connectivity index (χ3n) is 3.75. The van der Waals surface area contributed by atoms with Crippen molar-refractivity contribution in [3.8, 4) is 0 Å². The van der Waals surface area contributed by atoms with E-state index in [-0.39, 0.29) is 30.3 Å². The second kappa shape index (κ2) is 6.01. The normalized spacial score (nSPS) is 31.4. The maximum absolute atomic E-state index is 11.9. The molecule has 7 heteroatoms. The van der Waals surface area contributed by atoms with E-state index in [2.05, 4.69) is 16.0 Å². The van der Waals surface area contributed by atoms with E-state index in [1.54, 1.807) is 0 Å². The van der Waals surface area contributed by atoms with Gasteiger partial charge in [-0.25, -0.2) is 0 Å². The average molecular weight is 269 g/mol. The summed E-state index contributed by atoms with van der Waals surface area (Å²) in [6.45, 7) is 0.457. The number of carbonyl (C=O) groups excluding carboxylic acids is 2. The summed E-state index contributed by atoms with van der Waals surface area (Å²) in [7, 11) is 0. The molecule has 0 bridgehead atoms. The topological polar surface area (TPSA) is 108 Å². The molecular formula is C12H19N3O4. The summed E-state index contributed by atoms with van der Waals surface area (Å²) in [4.78, 5) is 33.7. The highest BCUT2D eigenvalue weighted by molar-refractivity contribution is 5.86. The smallest absolute Gasteiger partial charge is 0.306 e. The quantitative estimate of drug-likeness (QED) is 0.516. The minimum absolute atomic E-state index is 0.0440. The second-order valence-electron chi connectivity index (χ2n) is 5.13. The zero-order chi connectivity index (χ0) is 13.8. The third-order valence-corrected chi connectivity index (χ3v) is 3.75. The fourth-order valence-corrected chi connectivity index (χ4v) is 2.54. The van der Waals surface area contributed by atoms with Gasteiger partial charge in [0, 0.05) is 12.6 Å². The van der Waals surface area contributed by atoms with E-state index < -0.39 is 12.0 Å². The molecule has 1 aliphatic carbocycles. The first kappa shape index (κ1) is 13.8. The van der Waals surface area contributed by atoms with Gasteiger partial charge < -0.3 is 15.7 Å². The first-order valence-electron chi connectivity index (χ1n) is 6.59. The van der Waals surface area contributed by atoms with E-state index in [4.69, 9.17) is 5.11 Å². The number of carboxylic acids is 1. The molecule has 0 spiro atoms. The Morgan fingerprint density at radius 1 is 1.21 bits per heavy atom. The van der Waals surface area contributed by atoms with Crippen molar-refractivity contribution in [1.29, 1.82) is 0 Å². The Hall–Kier alpha value is -1.63. The number of hydrogen-bond acceptors (Lipinski definition) is 4. The molecule has 0 aromatic heterocycles. The van der Waals surface area contributed by atoms with Gasteiger partial charge in [-0.1, -0.05) is 0 Å². The van der Waals surface area contributed by atoms with Gasteiger partial charge in [0.2, 0.25) is 11.8 Å². The fraction of sp³-hybridized carbons (Fsp3) is 0.750. The number of hydrogen-bond donors (Lipinski definition) is 4. The summed E-state index contributed by atoms with van der Waals surface area (Å²) >= 11 is 0. The van der Waals surface area contributed by atoms with Crippen LogP contribution in [-0.2, 0) is 14.4 Å². The number of aliphatic carboxylic acids is 1. The van der Waals surface area contributed by atoms with E-state index in [1.165, 1.54) is 0 Å². The fourth-order valence-electron chi connectivity index (χ4n) is 2.54. The SMILES string of the molecule is O=C1CNC(C(=O)NC2CCC(C(=O)O)CC2)CN1. The largest absolute Gasteiger partial charge is 0.481 e. The van der Waals surface area contributed by atoms with Gasteiger partial charge in [0.15, 0.2) is 0 Å². The van der Waals surface area contributed by atoms with Crippen LogP contribution in [0.3, 0.4) is 0 Å². The van der Waals surface area contributed by atoms with Crippen LogP contribution in [0.5, 0.6) is 0 Å². The van der Waals surface area contributed by atoms with Crippen LogP contribution >= 0.6 is 0 Å². The van der Waals surface area contributed by atoms with Crippen LogP contribution in [0.25, 0.3) is 0 Å². The second-order valence-corrected chi connectivity index (χ2v) is 5.13. The van der Waals surface area contributed by atoms with Crippen molar-refractivity contribution < 1.29 is 19.5 Å². The first-order chi connectivity index (χ1) is 9.06. The molecule has 1 aliphatic heterocycles. The number of rotatable bonds is 3. The summed E-state index contributed by atoms with van der Waals surface area (Å²) in [5, 5.41) is 17.3. The lowest BCUT2D eigenvalue weighted by Gasteiger charge is -2.29. The molecule has 1 atom stereocenters. The standard InChI is InChI=1S/C12H19N3O4/c16-10-6-13-9(5-14-10)11(17)15-8-3-1-7(2-4-8)12(18)19/h7-9,13H,1-6H2,(H,14,16)(H,15,17)(H,18,19). The van der Waals surface area contributed by atoms with Gasteiger partial charge in [-0.3, -0.25) is 19.7 Å². The van der Waals surface area contributed by atoms with Crippen LogP contribution in [0.4, 0.5) is 0 Å². The van der Waals surface area contributed by atoms with Crippen LogP contribution in [0, 0.1) is 5.92 Å². The molecule has 2 amide bonds. The Morgan fingerprint density at radius 3 is 2.42 bits per heavy atom. The molecule has 2 fully saturated rings. The van der Waals surface area contributed by atoms with Gasteiger partial charge in [0.1, 0.15) is 6.04 Å². The number of carboxylic acid groups (broad SMARTS) is 1. The van der Waals surface area contributed by atoms with Crippen LogP contribution in [0.2, 0.25) is 0 Å². The van der Waals surface area contributed by atoms with Crippen molar-refractivity contribution in [2.75, 3.05) is 13.1 Å². The van der Waals surface area contributed by atoms with Crippen molar-refractivity contribution in [3.63, 3.8) is 0 Å². The predicted molar refractivity (Wildman–Crippen MR) is 66.3 cm³/mol. The zero-order valence-corrected chi connectivity index (χ0v) is 10.6. The summed E-state index contributed by atoms with van der Waals surface area (Å²) in [6, 6.07) is -0.350. The van der Waals surface area contributed by atoms with E-state index in [0.29, 0.717) is 32.2 Å².